The van der Waals surface area contributed by atoms with Crippen LogP contribution in [0.3, 0.4) is 0 Å². The van der Waals surface area contributed by atoms with Crippen LogP contribution < -0.4 is 16.0 Å². The molecule has 0 bridgehead atoms. The second-order valence-corrected chi connectivity index (χ2v) is 8.19. The standard InChI is InChI=1S/C21H26N4O4/c1-12-6-7-22-10-14(12)11-23-9-13-2-3-15-16(8-13)21(29)25(20(15)28)17-4-5-18(26)24-19(17)27/h2-3,8,12,14,17,22-23H,4-7,9-11H2,1H3,(H,24,26,27). The predicted octanol–water partition coefficient (Wildman–Crippen LogP) is 0.423. The van der Waals surface area contributed by atoms with Crippen molar-refractivity contribution in [2.75, 3.05) is 19.6 Å². The topological polar surface area (TPSA) is 108 Å². The average molecular weight is 398 g/mol. The summed E-state index contributed by atoms with van der Waals surface area (Å²) in [5, 5.41) is 9.08. The summed E-state index contributed by atoms with van der Waals surface area (Å²) in [6.45, 7) is 5.85. The molecule has 29 heavy (non-hydrogen) atoms. The number of nitrogens with one attached hydrogen (secondary N) is 3. The molecule has 2 saturated heterocycles. The molecule has 0 spiro atoms. The number of amides is 4. The highest BCUT2D eigenvalue weighted by Crippen LogP contribution is 2.28. The van der Waals surface area contributed by atoms with Crippen LogP contribution in [0.4, 0.5) is 0 Å². The number of piperidine rings is 2. The molecule has 3 heterocycles. The Balaban J connectivity index is 1.43. The van der Waals surface area contributed by atoms with E-state index in [1.54, 1.807) is 12.1 Å². The van der Waals surface area contributed by atoms with E-state index in [1.165, 1.54) is 6.42 Å². The van der Waals surface area contributed by atoms with E-state index in [-0.39, 0.29) is 18.7 Å². The lowest BCUT2D eigenvalue weighted by Crippen LogP contribution is -2.54. The van der Waals surface area contributed by atoms with Crippen LogP contribution >= 0.6 is 0 Å². The Hall–Kier alpha value is -2.58. The number of benzene rings is 1. The van der Waals surface area contributed by atoms with Crippen molar-refractivity contribution >= 4 is 23.6 Å². The molecular formula is C21H26N4O4. The fourth-order valence-corrected chi connectivity index (χ4v) is 4.36. The van der Waals surface area contributed by atoms with Crippen LogP contribution in [-0.2, 0) is 16.1 Å². The summed E-state index contributed by atoms with van der Waals surface area (Å²) in [5.41, 5.74) is 1.56. The highest BCUT2D eigenvalue weighted by Gasteiger charge is 2.44. The number of carbonyl (C=O) groups excluding carboxylic acids is 4. The van der Waals surface area contributed by atoms with Crippen LogP contribution in [0.15, 0.2) is 18.2 Å². The maximum Gasteiger partial charge on any atom is 0.262 e. The molecule has 0 radical (unpaired) electrons. The number of rotatable bonds is 5. The van der Waals surface area contributed by atoms with Crippen LogP contribution in [0.25, 0.3) is 0 Å². The minimum absolute atomic E-state index is 0.118. The van der Waals surface area contributed by atoms with E-state index in [9.17, 15) is 19.2 Å². The van der Waals surface area contributed by atoms with Crippen LogP contribution in [0, 0.1) is 11.8 Å². The maximum absolute atomic E-state index is 12.9. The minimum Gasteiger partial charge on any atom is -0.316 e. The number of hydrogen-bond donors (Lipinski definition) is 3. The van der Waals surface area contributed by atoms with Gasteiger partial charge in [0, 0.05) is 13.0 Å². The van der Waals surface area contributed by atoms with Gasteiger partial charge in [0.05, 0.1) is 11.1 Å². The van der Waals surface area contributed by atoms with Gasteiger partial charge in [0.1, 0.15) is 6.04 Å². The Morgan fingerprint density at radius 2 is 1.90 bits per heavy atom. The number of hydrogen-bond acceptors (Lipinski definition) is 6. The number of fused-ring (bicyclic) bond motifs is 1. The van der Waals surface area contributed by atoms with Gasteiger partial charge in [0.25, 0.3) is 11.8 Å². The minimum atomic E-state index is -0.929. The quantitative estimate of drug-likeness (QED) is 0.621. The Morgan fingerprint density at radius 1 is 1.10 bits per heavy atom. The van der Waals surface area contributed by atoms with Crippen LogP contribution in [0.1, 0.15) is 52.5 Å². The maximum atomic E-state index is 12.9. The summed E-state index contributed by atoms with van der Waals surface area (Å²) in [5.74, 6) is -0.659. The first-order chi connectivity index (χ1) is 14.0. The Labute approximate surface area is 169 Å². The molecule has 154 valence electrons. The van der Waals surface area contributed by atoms with Gasteiger partial charge >= 0.3 is 0 Å². The first kappa shape index (κ1) is 19.7. The van der Waals surface area contributed by atoms with E-state index in [2.05, 4.69) is 22.9 Å². The Morgan fingerprint density at radius 3 is 2.66 bits per heavy atom. The zero-order valence-corrected chi connectivity index (χ0v) is 16.5. The summed E-state index contributed by atoms with van der Waals surface area (Å²) in [4.78, 5) is 50.1. The molecule has 0 saturated carbocycles. The van der Waals surface area contributed by atoms with E-state index in [4.69, 9.17) is 0 Å². The molecule has 4 amide bonds. The first-order valence-corrected chi connectivity index (χ1v) is 10.2. The lowest BCUT2D eigenvalue weighted by atomic mass is 9.88. The molecule has 3 aliphatic rings. The third-order valence-electron chi connectivity index (χ3n) is 6.23. The Kier molecular flexibility index (Phi) is 5.47. The van der Waals surface area contributed by atoms with Crippen molar-refractivity contribution in [2.45, 2.75) is 38.8 Å². The molecule has 4 rings (SSSR count). The molecule has 1 aromatic rings. The molecule has 0 aliphatic carbocycles. The summed E-state index contributed by atoms with van der Waals surface area (Å²) in [6, 6.07) is 4.30. The van der Waals surface area contributed by atoms with Crippen molar-refractivity contribution in [1.29, 1.82) is 0 Å². The SMILES string of the molecule is CC1CCNCC1CNCc1ccc2c(c1)C(=O)N(C1CCC(=O)NC1=O)C2=O. The van der Waals surface area contributed by atoms with E-state index in [0.717, 1.165) is 30.1 Å². The van der Waals surface area contributed by atoms with Crippen molar-refractivity contribution in [3.8, 4) is 0 Å². The van der Waals surface area contributed by atoms with Crippen LogP contribution in [-0.4, -0.2) is 54.2 Å². The molecule has 3 aliphatic heterocycles. The van der Waals surface area contributed by atoms with Crippen molar-refractivity contribution < 1.29 is 19.2 Å². The molecule has 8 nitrogen and oxygen atoms in total. The van der Waals surface area contributed by atoms with Crippen LogP contribution in [0.2, 0.25) is 0 Å². The number of carbonyl (C=O) groups is 4. The second kappa shape index (κ2) is 8.04. The van der Waals surface area contributed by atoms with Gasteiger partial charge in [-0.3, -0.25) is 29.4 Å². The van der Waals surface area contributed by atoms with Crippen molar-refractivity contribution in [3.63, 3.8) is 0 Å². The zero-order chi connectivity index (χ0) is 20.5. The van der Waals surface area contributed by atoms with Crippen molar-refractivity contribution in [2.24, 2.45) is 11.8 Å². The highest BCUT2D eigenvalue weighted by atomic mass is 16.2. The summed E-state index contributed by atoms with van der Waals surface area (Å²) in [6.07, 6.45) is 1.46. The number of imide groups is 2. The summed E-state index contributed by atoms with van der Waals surface area (Å²) in [7, 11) is 0. The fraction of sp³-hybridized carbons (Fsp3) is 0.524. The molecular weight excluding hydrogens is 372 g/mol. The molecule has 8 heteroatoms. The average Bonchev–Trinajstić information content (AvgIpc) is 2.94. The molecule has 0 aromatic heterocycles. The smallest absolute Gasteiger partial charge is 0.262 e. The fourth-order valence-electron chi connectivity index (χ4n) is 4.36. The third-order valence-corrected chi connectivity index (χ3v) is 6.23. The van der Waals surface area contributed by atoms with Crippen LogP contribution in [0.5, 0.6) is 0 Å². The highest BCUT2D eigenvalue weighted by molar-refractivity contribution is 6.23. The lowest BCUT2D eigenvalue weighted by molar-refractivity contribution is -0.136. The number of nitrogens with zero attached hydrogens (tertiary/aromatic N) is 1. The van der Waals surface area contributed by atoms with E-state index in [0.29, 0.717) is 29.5 Å². The largest absolute Gasteiger partial charge is 0.316 e. The van der Waals surface area contributed by atoms with E-state index >= 15 is 0 Å². The summed E-state index contributed by atoms with van der Waals surface area (Å²) < 4.78 is 0. The van der Waals surface area contributed by atoms with Gasteiger partial charge in [0.15, 0.2) is 0 Å². The van der Waals surface area contributed by atoms with Gasteiger partial charge in [-0.25, -0.2) is 0 Å². The Bertz CT molecular complexity index is 868. The van der Waals surface area contributed by atoms with Gasteiger partial charge in [-0.2, -0.15) is 0 Å². The second-order valence-electron chi connectivity index (χ2n) is 8.19. The molecule has 3 N–H and O–H groups in total. The monoisotopic (exact) mass is 398 g/mol. The van der Waals surface area contributed by atoms with Gasteiger partial charge in [-0.15, -0.1) is 0 Å². The molecule has 2 fully saturated rings. The van der Waals surface area contributed by atoms with Gasteiger partial charge in [0.2, 0.25) is 11.8 Å². The van der Waals surface area contributed by atoms with E-state index in [1.807, 2.05) is 6.07 Å². The first-order valence-electron chi connectivity index (χ1n) is 10.2. The zero-order valence-electron chi connectivity index (χ0n) is 16.5. The van der Waals surface area contributed by atoms with Gasteiger partial charge in [-0.05, 0) is 62.0 Å². The molecule has 3 unspecified atom stereocenters. The third kappa shape index (κ3) is 3.82. The molecule has 3 atom stereocenters. The normalized spacial score (nSPS) is 27.2. The van der Waals surface area contributed by atoms with Gasteiger partial charge in [-0.1, -0.05) is 13.0 Å². The lowest BCUT2D eigenvalue weighted by Gasteiger charge is -2.29. The van der Waals surface area contributed by atoms with Gasteiger partial charge < -0.3 is 10.6 Å². The predicted molar refractivity (Wildman–Crippen MR) is 105 cm³/mol. The van der Waals surface area contributed by atoms with Crippen molar-refractivity contribution in [3.05, 3.63) is 34.9 Å². The van der Waals surface area contributed by atoms with Crippen molar-refractivity contribution in [1.82, 2.24) is 20.9 Å². The molecule has 1 aromatic carbocycles. The van der Waals surface area contributed by atoms with E-state index < -0.39 is 23.8 Å². The summed E-state index contributed by atoms with van der Waals surface area (Å²) >= 11 is 0.